The van der Waals surface area contributed by atoms with Crippen LogP contribution in [0.25, 0.3) is 0 Å². The van der Waals surface area contributed by atoms with Gasteiger partial charge in [0.05, 0.1) is 5.56 Å². The largest absolute Gasteiger partial charge is 0.357 e. The maximum atomic E-state index is 12.6. The van der Waals surface area contributed by atoms with Crippen LogP contribution in [0, 0.1) is 0 Å². The van der Waals surface area contributed by atoms with Crippen LogP contribution in [0.15, 0.2) is 18.3 Å². The second-order valence-corrected chi connectivity index (χ2v) is 6.55. The van der Waals surface area contributed by atoms with Gasteiger partial charge in [-0.15, -0.1) is 0 Å². The highest BCUT2D eigenvalue weighted by Crippen LogP contribution is 2.20. The second-order valence-electron chi connectivity index (χ2n) is 6.55. The average Bonchev–Trinajstić information content (AvgIpc) is 3.09. The van der Waals surface area contributed by atoms with Gasteiger partial charge in [-0.3, -0.25) is 4.79 Å². The maximum Gasteiger partial charge on any atom is 0.255 e. The third-order valence-electron chi connectivity index (χ3n) is 4.98. The number of rotatable bonds is 3. The Balaban J connectivity index is 1.63. The molecule has 3 rings (SSSR count). The Morgan fingerprint density at radius 2 is 1.86 bits per heavy atom. The van der Waals surface area contributed by atoms with Crippen LogP contribution in [0.3, 0.4) is 0 Å². The lowest BCUT2D eigenvalue weighted by Crippen LogP contribution is -2.44. The Morgan fingerprint density at radius 1 is 1.18 bits per heavy atom. The summed E-state index contributed by atoms with van der Waals surface area (Å²) < 4.78 is 0. The topological polar surface area (TPSA) is 39.7 Å². The van der Waals surface area contributed by atoms with Gasteiger partial charge in [-0.25, -0.2) is 4.98 Å². The third kappa shape index (κ3) is 3.24. The number of nitrogens with zero attached hydrogens (tertiary/aromatic N) is 4. The van der Waals surface area contributed by atoms with Crippen LogP contribution in [0.4, 0.5) is 5.82 Å². The van der Waals surface area contributed by atoms with Crippen molar-refractivity contribution in [1.29, 1.82) is 0 Å². The first-order valence-electron chi connectivity index (χ1n) is 8.32. The number of hydrogen-bond acceptors (Lipinski definition) is 4. The first-order valence-corrected chi connectivity index (χ1v) is 8.32. The molecular formula is C17H26N4O. The van der Waals surface area contributed by atoms with Gasteiger partial charge in [-0.05, 0) is 58.0 Å². The molecule has 0 radical (unpaired) electrons. The molecule has 5 heteroatoms. The molecule has 0 aromatic carbocycles. The minimum Gasteiger partial charge on any atom is -0.357 e. The first-order chi connectivity index (χ1) is 10.6. The van der Waals surface area contributed by atoms with Gasteiger partial charge in [-0.2, -0.15) is 0 Å². The van der Waals surface area contributed by atoms with Crippen molar-refractivity contribution in [3.05, 3.63) is 23.9 Å². The highest BCUT2D eigenvalue weighted by Gasteiger charge is 2.25. The number of likely N-dealkylation sites (tertiary alicyclic amines) is 1. The summed E-state index contributed by atoms with van der Waals surface area (Å²) in [5.74, 6) is 1.09. The third-order valence-corrected chi connectivity index (χ3v) is 4.98. The summed E-state index contributed by atoms with van der Waals surface area (Å²) in [7, 11) is 4.06. The van der Waals surface area contributed by atoms with E-state index in [2.05, 4.69) is 21.8 Å². The van der Waals surface area contributed by atoms with Gasteiger partial charge in [-0.1, -0.05) is 0 Å². The summed E-state index contributed by atoms with van der Waals surface area (Å²) in [6.07, 6.45) is 6.32. The standard InChI is InChI=1S/C17H26N4O/c1-19-11-7-15(8-12-19)20(2)17(22)14-5-6-16(18-13-14)21-9-3-4-10-21/h5-6,13,15H,3-4,7-12H2,1-2H3. The Kier molecular flexibility index (Phi) is 4.62. The normalized spacial score (nSPS) is 20.4. The Hall–Kier alpha value is -1.62. The summed E-state index contributed by atoms with van der Waals surface area (Å²) in [5, 5.41) is 0. The zero-order valence-corrected chi connectivity index (χ0v) is 13.7. The van der Waals surface area contributed by atoms with Crippen molar-refractivity contribution in [3.8, 4) is 0 Å². The summed E-state index contributed by atoms with van der Waals surface area (Å²) in [6, 6.07) is 4.26. The van der Waals surface area contributed by atoms with Crippen LogP contribution in [-0.4, -0.2) is 67.0 Å². The Labute approximate surface area is 132 Å². The van der Waals surface area contributed by atoms with Crippen LogP contribution in [0.2, 0.25) is 0 Å². The number of hydrogen-bond donors (Lipinski definition) is 0. The monoisotopic (exact) mass is 302 g/mol. The molecular weight excluding hydrogens is 276 g/mol. The van der Waals surface area contributed by atoms with Crippen LogP contribution < -0.4 is 4.90 Å². The van der Waals surface area contributed by atoms with Gasteiger partial charge in [0.2, 0.25) is 0 Å². The molecule has 2 fully saturated rings. The summed E-state index contributed by atoms with van der Waals surface area (Å²) >= 11 is 0. The zero-order chi connectivity index (χ0) is 15.5. The van der Waals surface area contributed by atoms with E-state index in [1.807, 2.05) is 24.1 Å². The van der Waals surface area contributed by atoms with Crippen molar-refractivity contribution in [2.45, 2.75) is 31.7 Å². The molecule has 120 valence electrons. The number of amides is 1. The number of carbonyl (C=O) groups excluding carboxylic acids is 1. The van der Waals surface area contributed by atoms with E-state index in [-0.39, 0.29) is 5.91 Å². The summed E-state index contributed by atoms with van der Waals surface area (Å²) in [4.78, 5) is 23.6. The smallest absolute Gasteiger partial charge is 0.255 e. The maximum absolute atomic E-state index is 12.6. The van der Waals surface area contributed by atoms with Gasteiger partial charge in [0.25, 0.3) is 5.91 Å². The van der Waals surface area contributed by atoms with Crippen molar-refractivity contribution in [3.63, 3.8) is 0 Å². The molecule has 2 saturated heterocycles. The van der Waals surface area contributed by atoms with Gasteiger partial charge in [0.1, 0.15) is 5.82 Å². The quantitative estimate of drug-likeness (QED) is 0.854. The van der Waals surface area contributed by atoms with Crippen molar-refractivity contribution < 1.29 is 4.79 Å². The summed E-state index contributed by atoms with van der Waals surface area (Å²) in [6.45, 7) is 4.29. The lowest BCUT2D eigenvalue weighted by molar-refractivity contribution is 0.0659. The first kappa shape index (κ1) is 15.3. The zero-order valence-electron chi connectivity index (χ0n) is 13.7. The fraction of sp³-hybridized carbons (Fsp3) is 0.647. The number of carbonyl (C=O) groups is 1. The molecule has 3 heterocycles. The van der Waals surface area contributed by atoms with Gasteiger partial charge in [0, 0.05) is 32.4 Å². The van der Waals surface area contributed by atoms with E-state index in [1.54, 1.807) is 6.20 Å². The molecule has 0 atom stereocenters. The summed E-state index contributed by atoms with van der Waals surface area (Å²) in [5.41, 5.74) is 0.698. The number of anilines is 1. The molecule has 0 spiro atoms. The minimum absolute atomic E-state index is 0.0926. The molecule has 0 aliphatic carbocycles. The van der Waals surface area contributed by atoms with Crippen molar-refractivity contribution in [2.24, 2.45) is 0 Å². The number of aromatic nitrogens is 1. The number of pyridine rings is 1. The second kappa shape index (κ2) is 6.65. The molecule has 1 amide bonds. The Morgan fingerprint density at radius 3 is 2.45 bits per heavy atom. The molecule has 2 aliphatic rings. The highest BCUT2D eigenvalue weighted by molar-refractivity contribution is 5.94. The van der Waals surface area contributed by atoms with E-state index in [4.69, 9.17) is 0 Å². The highest BCUT2D eigenvalue weighted by atomic mass is 16.2. The van der Waals surface area contributed by atoms with E-state index < -0.39 is 0 Å². The average molecular weight is 302 g/mol. The fourth-order valence-corrected chi connectivity index (χ4v) is 3.40. The SMILES string of the molecule is CN1CCC(N(C)C(=O)c2ccc(N3CCCC3)nc2)CC1. The molecule has 2 aliphatic heterocycles. The molecule has 1 aromatic heterocycles. The lowest BCUT2D eigenvalue weighted by atomic mass is 10.0. The van der Waals surface area contributed by atoms with Crippen LogP contribution >= 0.6 is 0 Å². The predicted octanol–water partition coefficient (Wildman–Crippen LogP) is 1.85. The minimum atomic E-state index is 0.0926. The van der Waals surface area contributed by atoms with Gasteiger partial charge < -0.3 is 14.7 Å². The molecule has 0 N–H and O–H groups in total. The molecule has 0 saturated carbocycles. The van der Waals surface area contributed by atoms with E-state index in [1.165, 1.54) is 12.8 Å². The van der Waals surface area contributed by atoms with E-state index >= 15 is 0 Å². The molecule has 5 nitrogen and oxygen atoms in total. The molecule has 0 unspecified atom stereocenters. The van der Waals surface area contributed by atoms with Crippen molar-refractivity contribution in [1.82, 2.24) is 14.8 Å². The number of piperidine rings is 1. The molecule has 0 bridgehead atoms. The van der Waals surface area contributed by atoms with E-state index in [9.17, 15) is 4.79 Å². The Bertz CT molecular complexity index is 502. The van der Waals surface area contributed by atoms with Crippen molar-refractivity contribution in [2.75, 3.05) is 45.2 Å². The lowest BCUT2D eigenvalue weighted by Gasteiger charge is -2.35. The van der Waals surface area contributed by atoms with Crippen LogP contribution in [-0.2, 0) is 0 Å². The van der Waals surface area contributed by atoms with Gasteiger partial charge >= 0.3 is 0 Å². The van der Waals surface area contributed by atoms with Crippen LogP contribution in [0.1, 0.15) is 36.0 Å². The van der Waals surface area contributed by atoms with E-state index in [0.29, 0.717) is 11.6 Å². The van der Waals surface area contributed by atoms with E-state index in [0.717, 1.165) is 44.8 Å². The fourth-order valence-electron chi connectivity index (χ4n) is 3.40. The predicted molar refractivity (Wildman–Crippen MR) is 88.3 cm³/mol. The van der Waals surface area contributed by atoms with Crippen molar-refractivity contribution >= 4 is 11.7 Å². The molecule has 1 aromatic rings. The molecule has 22 heavy (non-hydrogen) atoms. The van der Waals surface area contributed by atoms with Gasteiger partial charge in [0.15, 0.2) is 0 Å². The van der Waals surface area contributed by atoms with Crippen LogP contribution in [0.5, 0.6) is 0 Å².